The van der Waals surface area contributed by atoms with E-state index in [-0.39, 0.29) is 11.6 Å². The number of benzene rings is 2. The van der Waals surface area contributed by atoms with E-state index in [1.54, 1.807) is 30.5 Å². The maximum absolute atomic E-state index is 12.8. The van der Waals surface area contributed by atoms with Crippen LogP contribution in [0.15, 0.2) is 42.7 Å². The normalized spacial score (nSPS) is 17.3. The van der Waals surface area contributed by atoms with Crippen LogP contribution in [0.1, 0.15) is 29.6 Å². The number of anilines is 2. The number of rotatable bonds is 9. The third kappa shape index (κ3) is 6.31. The Morgan fingerprint density at radius 2 is 1.90 bits per heavy atom. The second-order valence-electron chi connectivity index (χ2n) is 9.85. The summed E-state index contributed by atoms with van der Waals surface area (Å²) in [6.45, 7) is 5.07. The Morgan fingerprint density at radius 1 is 1.10 bits per heavy atom. The molecule has 1 aromatic heterocycles. The summed E-state index contributed by atoms with van der Waals surface area (Å²) in [6.07, 6.45) is 4.94. The highest BCUT2D eigenvalue weighted by molar-refractivity contribution is 5.93. The summed E-state index contributed by atoms with van der Waals surface area (Å²) in [6, 6.07) is 9.73. The quantitative estimate of drug-likeness (QED) is 0.354. The minimum Gasteiger partial charge on any atom is -0.493 e. The van der Waals surface area contributed by atoms with Crippen molar-refractivity contribution in [2.45, 2.75) is 19.3 Å². The number of carboxylic acids is 1. The molecule has 2 fully saturated rings. The third-order valence-electron chi connectivity index (χ3n) is 7.33. The molecule has 1 atom stereocenters. The highest BCUT2D eigenvalue weighted by atomic mass is 16.5. The van der Waals surface area contributed by atoms with Crippen molar-refractivity contribution in [2.75, 3.05) is 63.2 Å². The topological polar surface area (TPSA) is 129 Å². The fourth-order valence-electron chi connectivity index (χ4n) is 5.11. The first-order chi connectivity index (χ1) is 19.0. The Labute approximate surface area is 227 Å². The van der Waals surface area contributed by atoms with Gasteiger partial charge in [0.1, 0.15) is 12.1 Å². The number of carboxylic acid groups (broad SMARTS) is 1. The molecule has 11 heteroatoms. The average Bonchev–Trinajstić information content (AvgIpc) is 3.48. The van der Waals surface area contributed by atoms with Gasteiger partial charge in [0.15, 0.2) is 11.5 Å². The van der Waals surface area contributed by atoms with Gasteiger partial charge in [-0.1, -0.05) is 0 Å². The number of ether oxygens (including phenoxy) is 2. The van der Waals surface area contributed by atoms with Crippen molar-refractivity contribution in [1.82, 2.24) is 20.2 Å². The van der Waals surface area contributed by atoms with Crippen molar-refractivity contribution in [3.8, 4) is 11.5 Å². The maximum Gasteiger partial charge on any atom is 0.335 e. The molecule has 0 bridgehead atoms. The number of fused-ring (bicyclic) bond motifs is 1. The zero-order chi connectivity index (χ0) is 27.2. The summed E-state index contributed by atoms with van der Waals surface area (Å²) < 4.78 is 11.7. The van der Waals surface area contributed by atoms with Crippen molar-refractivity contribution in [1.29, 1.82) is 0 Å². The van der Waals surface area contributed by atoms with Crippen LogP contribution in [0.3, 0.4) is 0 Å². The molecule has 3 aromatic rings. The van der Waals surface area contributed by atoms with Crippen LogP contribution in [0.25, 0.3) is 10.9 Å². The van der Waals surface area contributed by atoms with Gasteiger partial charge in [-0.25, -0.2) is 19.6 Å². The van der Waals surface area contributed by atoms with Gasteiger partial charge in [0.2, 0.25) is 0 Å². The lowest BCUT2D eigenvalue weighted by Crippen LogP contribution is -2.50. The van der Waals surface area contributed by atoms with Gasteiger partial charge in [0.25, 0.3) is 0 Å². The van der Waals surface area contributed by atoms with E-state index < -0.39 is 5.97 Å². The van der Waals surface area contributed by atoms with Gasteiger partial charge in [-0.05, 0) is 68.6 Å². The number of urea groups is 1. The molecule has 1 unspecified atom stereocenters. The number of aromatic nitrogens is 2. The van der Waals surface area contributed by atoms with Gasteiger partial charge in [-0.2, -0.15) is 0 Å². The SMILES string of the molecule is COc1cc2c(N3CCN(C(=O)Nc4ccc(C(=O)O)cc4)CC3)ncnc2cc1OCCCC1CCNC1. The second kappa shape index (κ2) is 12.2. The number of carbonyl (C=O) groups excluding carboxylic acids is 1. The maximum atomic E-state index is 12.8. The summed E-state index contributed by atoms with van der Waals surface area (Å²) in [4.78, 5) is 36.7. The number of hydrogen-bond acceptors (Lipinski definition) is 8. The Morgan fingerprint density at radius 3 is 2.59 bits per heavy atom. The van der Waals surface area contributed by atoms with Crippen LogP contribution in [0.5, 0.6) is 11.5 Å². The molecule has 39 heavy (non-hydrogen) atoms. The Balaban J connectivity index is 1.20. The molecule has 5 rings (SSSR count). The molecule has 3 heterocycles. The molecule has 206 valence electrons. The largest absolute Gasteiger partial charge is 0.493 e. The van der Waals surface area contributed by atoms with Crippen LogP contribution in [0, 0.1) is 5.92 Å². The minimum atomic E-state index is -1.00. The van der Waals surface area contributed by atoms with Gasteiger partial charge < -0.3 is 35.0 Å². The first-order valence-electron chi connectivity index (χ1n) is 13.3. The number of methoxy groups -OCH3 is 1. The van der Waals surface area contributed by atoms with E-state index in [0.29, 0.717) is 50.0 Å². The van der Waals surface area contributed by atoms with E-state index in [1.165, 1.54) is 18.6 Å². The minimum absolute atomic E-state index is 0.172. The first-order valence-corrected chi connectivity index (χ1v) is 13.3. The molecular weight excluding hydrogens is 500 g/mol. The third-order valence-corrected chi connectivity index (χ3v) is 7.33. The standard InChI is InChI=1S/C28H34N6O5/c1-38-24-15-22-23(16-25(24)39-14-2-3-19-8-9-29-17-19)30-18-31-26(22)33-10-12-34(13-11-33)28(37)32-21-6-4-20(5-7-21)27(35)36/h4-7,15-16,18-19,29H,2-3,8-14,17H2,1H3,(H,32,37)(H,35,36). The van der Waals surface area contributed by atoms with E-state index in [2.05, 4.69) is 25.5 Å². The molecule has 2 aliphatic rings. The molecular formula is C28H34N6O5. The molecule has 3 N–H and O–H groups in total. The van der Waals surface area contributed by atoms with Gasteiger partial charge >= 0.3 is 12.0 Å². The Hall–Kier alpha value is -4.12. The molecule has 2 aromatic carbocycles. The van der Waals surface area contributed by atoms with E-state index in [4.69, 9.17) is 14.6 Å². The zero-order valence-corrected chi connectivity index (χ0v) is 22.1. The number of hydrogen-bond donors (Lipinski definition) is 3. The molecule has 0 radical (unpaired) electrons. The van der Waals surface area contributed by atoms with Crippen LogP contribution in [-0.4, -0.2) is 85.0 Å². The van der Waals surface area contributed by atoms with Gasteiger partial charge in [-0.15, -0.1) is 0 Å². The highest BCUT2D eigenvalue weighted by Gasteiger charge is 2.24. The van der Waals surface area contributed by atoms with E-state index in [9.17, 15) is 9.59 Å². The van der Waals surface area contributed by atoms with Crippen molar-refractivity contribution in [3.05, 3.63) is 48.3 Å². The van der Waals surface area contributed by atoms with Gasteiger partial charge in [0.05, 0.1) is 24.8 Å². The summed E-state index contributed by atoms with van der Waals surface area (Å²) in [5.41, 5.74) is 1.50. The van der Waals surface area contributed by atoms with Gasteiger partial charge in [0, 0.05) is 43.3 Å². The molecule has 2 amide bonds. The van der Waals surface area contributed by atoms with E-state index >= 15 is 0 Å². The molecule has 0 saturated carbocycles. The van der Waals surface area contributed by atoms with Crippen LogP contribution in [-0.2, 0) is 0 Å². The highest BCUT2D eigenvalue weighted by Crippen LogP contribution is 2.35. The number of nitrogens with one attached hydrogen (secondary N) is 2. The van der Waals surface area contributed by atoms with Crippen LogP contribution >= 0.6 is 0 Å². The summed E-state index contributed by atoms with van der Waals surface area (Å²) in [5, 5.41) is 16.2. The predicted octanol–water partition coefficient (Wildman–Crippen LogP) is 3.46. The Kier molecular flexibility index (Phi) is 8.26. The zero-order valence-electron chi connectivity index (χ0n) is 22.1. The smallest absolute Gasteiger partial charge is 0.335 e. The molecule has 2 aliphatic heterocycles. The summed E-state index contributed by atoms with van der Waals surface area (Å²) in [5.74, 6) is 1.85. The number of carbonyl (C=O) groups is 2. The lowest BCUT2D eigenvalue weighted by Gasteiger charge is -2.35. The first kappa shape index (κ1) is 26.5. The van der Waals surface area contributed by atoms with Gasteiger partial charge in [-0.3, -0.25) is 0 Å². The number of piperazine rings is 1. The van der Waals surface area contributed by atoms with Crippen molar-refractivity contribution in [2.24, 2.45) is 5.92 Å². The lowest BCUT2D eigenvalue weighted by atomic mass is 10.0. The van der Waals surface area contributed by atoms with Crippen LogP contribution in [0.2, 0.25) is 0 Å². The summed E-state index contributed by atoms with van der Waals surface area (Å²) >= 11 is 0. The van der Waals surface area contributed by atoms with Crippen molar-refractivity contribution >= 4 is 34.4 Å². The van der Waals surface area contributed by atoms with Crippen LogP contribution < -0.4 is 25.0 Å². The monoisotopic (exact) mass is 534 g/mol. The predicted molar refractivity (Wildman–Crippen MR) is 148 cm³/mol. The number of aromatic carboxylic acids is 1. The van der Waals surface area contributed by atoms with Crippen molar-refractivity contribution in [3.63, 3.8) is 0 Å². The summed E-state index contributed by atoms with van der Waals surface area (Å²) in [7, 11) is 1.63. The lowest BCUT2D eigenvalue weighted by molar-refractivity contribution is 0.0697. The number of amides is 2. The fourth-order valence-corrected chi connectivity index (χ4v) is 5.11. The molecule has 2 saturated heterocycles. The van der Waals surface area contributed by atoms with Crippen molar-refractivity contribution < 1.29 is 24.2 Å². The molecule has 0 spiro atoms. The van der Waals surface area contributed by atoms with Crippen LogP contribution in [0.4, 0.5) is 16.3 Å². The average molecular weight is 535 g/mol. The number of nitrogens with zero attached hydrogens (tertiary/aromatic N) is 4. The second-order valence-corrected chi connectivity index (χ2v) is 9.85. The molecule has 11 nitrogen and oxygen atoms in total. The molecule has 0 aliphatic carbocycles. The van der Waals surface area contributed by atoms with E-state index in [0.717, 1.165) is 48.6 Å². The fraction of sp³-hybridized carbons (Fsp3) is 0.429. The Bertz CT molecular complexity index is 1300. The van der Waals surface area contributed by atoms with E-state index in [1.807, 2.05) is 12.1 Å².